The Labute approximate surface area is 62.0 Å². The summed E-state index contributed by atoms with van der Waals surface area (Å²) in [5.41, 5.74) is 0. The highest BCUT2D eigenvalue weighted by molar-refractivity contribution is 4.75. The van der Waals surface area contributed by atoms with Gasteiger partial charge in [0.1, 0.15) is 6.17 Å². The van der Waals surface area contributed by atoms with Crippen molar-refractivity contribution in [3.8, 4) is 0 Å². The summed E-state index contributed by atoms with van der Waals surface area (Å²) in [6.07, 6.45) is 3.61. The van der Waals surface area contributed by atoms with Crippen molar-refractivity contribution in [3.63, 3.8) is 0 Å². The molecule has 60 valence electrons. The lowest BCUT2D eigenvalue weighted by atomic mass is 9.87. The molecule has 0 amide bonds. The predicted molar refractivity (Wildman–Crippen MR) is 40.8 cm³/mol. The van der Waals surface area contributed by atoms with Crippen LogP contribution in [0.3, 0.4) is 0 Å². The number of halogens is 1. The molecule has 0 bridgehead atoms. The second-order valence-electron chi connectivity index (χ2n) is 3.12. The van der Waals surface area contributed by atoms with Crippen molar-refractivity contribution in [1.29, 1.82) is 0 Å². The van der Waals surface area contributed by atoms with Crippen molar-refractivity contribution in [3.05, 3.63) is 0 Å². The Morgan fingerprint density at radius 2 is 2.10 bits per heavy atom. The van der Waals surface area contributed by atoms with Crippen LogP contribution in [0.4, 0.5) is 4.39 Å². The third kappa shape index (κ3) is 1.94. The molecule has 0 aliphatic heterocycles. The summed E-state index contributed by atoms with van der Waals surface area (Å²) in [6, 6.07) is 0. The van der Waals surface area contributed by atoms with Gasteiger partial charge in [0, 0.05) is 12.5 Å². The maximum absolute atomic E-state index is 13.0. The first-order valence-electron chi connectivity index (χ1n) is 4.13. The highest BCUT2D eigenvalue weighted by Gasteiger charge is 2.23. The molecule has 1 fully saturated rings. The Hall–Kier alpha value is -0.110. The van der Waals surface area contributed by atoms with E-state index >= 15 is 0 Å². The van der Waals surface area contributed by atoms with Gasteiger partial charge in [0.05, 0.1) is 0 Å². The van der Waals surface area contributed by atoms with Gasteiger partial charge in [-0.3, -0.25) is 0 Å². The van der Waals surface area contributed by atoms with Crippen LogP contribution in [-0.4, -0.2) is 19.8 Å². The van der Waals surface area contributed by atoms with Crippen molar-refractivity contribution in [1.82, 2.24) is 5.32 Å². The van der Waals surface area contributed by atoms with Crippen LogP contribution in [-0.2, 0) is 0 Å². The van der Waals surface area contributed by atoms with E-state index in [0.717, 1.165) is 25.8 Å². The van der Waals surface area contributed by atoms with Gasteiger partial charge in [0.15, 0.2) is 0 Å². The van der Waals surface area contributed by atoms with Gasteiger partial charge in [-0.15, -0.1) is 0 Å². The quantitative estimate of drug-likeness (QED) is 0.624. The third-order valence-electron chi connectivity index (χ3n) is 2.28. The van der Waals surface area contributed by atoms with E-state index in [0.29, 0.717) is 5.92 Å². The molecular formula is C8H16FN. The van der Waals surface area contributed by atoms with Crippen molar-refractivity contribution in [2.75, 3.05) is 13.6 Å². The van der Waals surface area contributed by atoms with Crippen molar-refractivity contribution in [2.24, 2.45) is 5.92 Å². The molecule has 1 aliphatic rings. The average molecular weight is 145 g/mol. The summed E-state index contributed by atoms with van der Waals surface area (Å²) < 4.78 is 13.0. The first kappa shape index (κ1) is 7.99. The van der Waals surface area contributed by atoms with E-state index < -0.39 is 6.17 Å². The molecule has 1 rings (SSSR count). The number of hydrogen-bond acceptors (Lipinski definition) is 1. The minimum Gasteiger partial charge on any atom is -0.319 e. The standard InChI is InChI=1S/C8H16FN/c1-10-6-7-4-2-3-5-8(7)9/h7-8,10H,2-6H2,1H3. The Kier molecular flexibility index (Phi) is 3.13. The van der Waals surface area contributed by atoms with Crippen LogP contribution in [0.5, 0.6) is 0 Å². The number of nitrogens with one attached hydrogen (secondary N) is 1. The number of alkyl halides is 1. The first-order valence-corrected chi connectivity index (χ1v) is 4.13. The van der Waals surface area contributed by atoms with Crippen LogP contribution < -0.4 is 5.32 Å². The van der Waals surface area contributed by atoms with Gasteiger partial charge in [-0.05, 0) is 19.9 Å². The van der Waals surface area contributed by atoms with E-state index in [4.69, 9.17) is 0 Å². The Morgan fingerprint density at radius 3 is 2.70 bits per heavy atom. The molecule has 2 heteroatoms. The number of rotatable bonds is 2. The highest BCUT2D eigenvalue weighted by Crippen LogP contribution is 2.25. The minimum absolute atomic E-state index is 0.291. The SMILES string of the molecule is CNCC1CCCCC1F. The molecule has 2 atom stereocenters. The number of hydrogen-bond donors (Lipinski definition) is 1. The molecule has 1 saturated carbocycles. The molecular weight excluding hydrogens is 129 g/mol. The largest absolute Gasteiger partial charge is 0.319 e. The summed E-state index contributed by atoms with van der Waals surface area (Å²) in [7, 11) is 1.89. The fourth-order valence-corrected chi connectivity index (χ4v) is 1.65. The first-order chi connectivity index (χ1) is 4.84. The lowest BCUT2D eigenvalue weighted by molar-refractivity contribution is 0.165. The van der Waals surface area contributed by atoms with Crippen LogP contribution in [0.25, 0.3) is 0 Å². The minimum atomic E-state index is -0.541. The topological polar surface area (TPSA) is 12.0 Å². The third-order valence-corrected chi connectivity index (χ3v) is 2.28. The maximum atomic E-state index is 13.0. The van der Waals surface area contributed by atoms with Gasteiger partial charge < -0.3 is 5.32 Å². The summed E-state index contributed by atoms with van der Waals surface area (Å²) in [4.78, 5) is 0. The summed E-state index contributed by atoms with van der Waals surface area (Å²) in [6.45, 7) is 0.848. The van der Waals surface area contributed by atoms with Crippen LogP contribution in [0, 0.1) is 5.92 Å². The molecule has 0 aromatic carbocycles. The van der Waals surface area contributed by atoms with E-state index in [1.54, 1.807) is 0 Å². The highest BCUT2D eigenvalue weighted by atomic mass is 19.1. The summed E-state index contributed by atoms with van der Waals surface area (Å²) in [5.74, 6) is 0.291. The molecule has 0 saturated heterocycles. The molecule has 0 spiro atoms. The monoisotopic (exact) mass is 145 g/mol. The fraction of sp³-hybridized carbons (Fsp3) is 1.00. The second kappa shape index (κ2) is 3.91. The molecule has 0 heterocycles. The van der Waals surface area contributed by atoms with Gasteiger partial charge in [-0.25, -0.2) is 4.39 Å². The molecule has 10 heavy (non-hydrogen) atoms. The lowest BCUT2D eigenvalue weighted by Gasteiger charge is -2.25. The maximum Gasteiger partial charge on any atom is 0.104 e. The van der Waals surface area contributed by atoms with Crippen LogP contribution in [0.1, 0.15) is 25.7 Å². The van der Waals surface area contributed by atoms with Gasteiger partial charge in [0.2, 0.25) is 0 Å². The van der Waals surface area contributed by atoms with Crippen molar-refractivity contribution >= 4 is 0 Å². The fourth-order valence-electron chi connectivity index (χ4n) is 1.65. The van der Waals surface area contributed by atoms with Gasteiger partial charge >= 0.3 is 0 Å². The normalized spacial score (nSPS) is 34.2. The van der Waals surface area contributed by atoms with E-state index in [2.05, 4.69) is 5.32 Å². The lowest BCUT2D eigenvalue weighted by Crippen LogP contribution is -2.29. The Morgan fingerprint density at radius 1 is 1.40 bits per heavy atom. The average Bonchev–Trinajstić information content (AvgIpc) is 1.94. The molecule has 0 aromatic heterocycles. The Balaban J connectivity index is 2.25. The molecule has 2 unspecified atom stereocenters. The van der Waals surface area contributed by atoms with Gasteiger partial charge in [-0.2, -0.15) is 0 Å². The Bertz CT molecular complexity index is 93.3. The van der Waals surface area contributed by atoms with E-state index in [1.165, 1.54) is 6.42 Å². The molecule has 1 N–H and O–H groups in total. The predicted octanol–water partition coefficient (Wildman–Crippen LogP) is 1.73. The summed E-state index contributed by atoms with van der Waals surface area (Å²) in [5, 5.41) is 3.03. The van der Waals surface area contributed by atoms with Crippen LogP contribution in [0.15, 0.2) is 0 Å². The molecule has 0 radical (unpaired) electrons. The van der Waals surface area contributed by atoms with Crippen LogP contribution in [0.2, 0.25) is 0 Å². The van der Waals surface area contributed by atoms with Crippen molar-refractivity contribution in [2.45, 2.75) is 31.9 Å². The zero-order valence-corrected chi connectivity index (χ0v) is 6.57. The van der Waals surface area contributed by atoms with E-state index in [-0.39, 0.29) is 0 Å². The molecule has 1 aliphatic carbocycles. The summed E-state index contributed by atoms with van der Waals surface area (Å²) >= 11 is 0. The van der Waals surface area contributed by atoms with Crippen LogP contribution >= 0.6 is 0 Å². The second-order valence-corrected chi connectivity index (χ2v) is 3.12. The zero-order chi connectivity index (χ0) is 7.40. The van der Waals surface area contributed by atoms with Crippen molar-refractivity contribution < 1.29 is 4.39 Å². The van der Waals surface area contributed by atoms with E-state index in [1.807, 2.05) is 7.05 Å². The zero-order valence-electron chi connectivity index (χ0n) is 6.57. The van der Waals surface area contributed by atoms with E-state index in [9.17, 15) is 4.39 Å². The van der Waals surface area contributed by atoms with Gasteiger partial charge in [-0.1, -0.05) is 12.8 Å². The molecule has 1 nitrogen and oxygen atoms in total. The molecule has 0 aromatic rings. The smallest absolute Gasteiger partial charge is 0.104 e. The van der Waals surface area contributed by atoms with Gasteiger partial charge in [0.25, 0.3) is 0 Å².